The monoisotopic (exact) mass is 181 g/mol. The average molecular weight is 181 g/mol. The number of hydrogen-bond acceptors (Lipinski definition) is 1. The van der Waals surface area contributed by atoms with Gasteiger partial charge in [0.25, 0.3) is 0 Å². The topological polar surface area (TPSA) is 3.24 Å². The number of hydrogen-bond donors (Lipinski definition) is 0. The lowest BCUT2D eigenvalue weighted by Crippen LogP contribution is -2.36. The van der Waals surface area contributed by atoms with Crippen LogP contribution in [0.15, 0.2) is 0 Å². The van der Waals surface area contributed by atoms with Crippen molar-refractivity contribution in [1.29, 1.82) is 0 Å². The summed E-state index contributed by atoms with van der Waals surface area (Å²) in [6, 6.07) is 0.959. The molecule has 0 spiro atoms. The minimum Gasteiger partial charge on any atom is -0.300 e. The van der Waals surface area contributed by atoms with Crippen molar-refractivity contribution < 1.29 is 0 Å². The Kier molecular flexibility index (Phi) is 3.26. The second-order valence-electron chi connectivity index (χ2n) is 4.84. The van der Waals surface area contributed by atoms with Crippen LogP contribution < -0.4 is 0 Å². The van der Waals surface area contributed by atoms with E-state index < -0.39 is 0 Å². The summed E-state index contributed by atoms with van der Waals surface area (Å²) in [5, 5.41) is 0. The van der Waals surface area contributed by atoms with Gasteiger partial charge in [0.05, 0.1) is 0 Å². The fourth-order valence-electron chi connectivity index (χ4n) is 3.07. The molecule has 1 heteroatoms. The molecular weight excluding hydrogens is 158 g/mol. The van der Waals surface area contributed by atoms with Gasteiger partial charge in [-0.15, -0.1) is 0 Å². The third kappa shape index (κ3) is 2.25. The predicted molar refractivity (Wildman–Crippen MR) is 56.8 cm³/mol. The van der Waals surface area contributed by atoms with E-state index in [0.29, 0.717) is 0 Å². The third-order valence-electron chi connectivity index (χ3n) is 3.99. The van der Waals surface area contributed by atoms with E-state index >= 15 is 0 Å². The fraction of sp³-hybridized carbons (Fsp3) is 1.00. The van der Waals surface area contributed by atoms with Crippen LogP contribution in [-0.4, -0.2) is 24.0 Å². The molecule has 2 fully saturated rings. The van der Waals surface area contributed by atoms with Crippen molar-refractivity contribution in [2.45, 2.75) is 57.9 Å². The molecule has 2 unspecified atom stereocenters. The molecule has 1 aliphatic heterocycles. The Bertz CT molecular complexity index is 149. The van der Waals surface area contributed by atoms with Crippen LogP contribution in [0.3, 0.4) is 0 Å². The van der Waals surface area contributed by atoms with Crippen LogP contribution in [-0.2, 0) is 0 Å². The molecule has 0 aromatic heterocycles. The van der Waals surface area contributed by atoms with Gasteiger partial charge in [0, 0.05) is 6.04 Å². The molecule has 0 radical (unpaired) electrons. The van der Waals surface area contributed by atoms with Gasteiger partial charge in [-0.05, 0) is 44.7 Å². The van der Waals surface area contributed by atoms with Gasteiger partial charge >= 0.3 is 0 Å². The fourth-order valence-corrected chi connectivity index (χ4v) is 3.07. The second kappa shape index (κ2) is 4.45. The van der Waals surface area contributed by atoms with Gasteiger partial charge in [0.15, 0.2) is 0 Å². The van der Waals surface area contributed by atoms with Crippen molar-refractivity contribution in [3.8, 4) is 0 Å². The summed E-state index contributed by atoms with van der Waals surface area (Å²) in [6.07, 6.45) is 10.3. The molecule has 2 aliphatic rings. The van der Waals surface area contributed by atoms with Crippen molar-refractivity contribution in [2.75, 3.05) is 13.1 Å². The van der Waals surface area contributed by atoms with Gasteiger partial charge in [-0.3, -0.25) is 0 Å². The van der Waals surface area contributed by atoms with Gasteiger partial charge in [0.1, 0.15) is 0 Å². The molecule has 76 valence electrons. The average Bonchev–Trinajstić information content (AvgIpc) is 2.71. The van der Waals surface area contributed by atoms with E-state index in [9.17, 15) is 0 Å². The summed E-state index contributed by atoms with van der Waals surface area (Å²) in [7, 11) is 0. The van der Waals surface area contributed by atoms with Gasteiger partial charge in [-0.2, -0.15) is 0 Å². The van der Waals surface area contributed by atoms with E-state index in [1.165, 1.54) is 58.0 Å². The SMILES string of the molecule is CCC1CCCC(N2CCCC2)C1. The van der Waals surface area contributed by atoms with E-state index in [-0.39, 0.29) is 0 Å². The van der Waals surface area contributed by atoms with Crippen LogP contribution in [0.5, 0.6) is 0 Å². The van der Waals surface area contributed by atoms with Crippen molar-refractivity contribution in [2.24, 2.45) is 5.92 Å². The molecule has 2 rings (SSSR count). The number of likely N-dealkylation sites (tertiary alicyclic amines) is 1. The molecule has 2 atom stereocenters. The van der Waals surface area contributed by atoms with Gasteiger partial charge in [-0.1, -0.05) is 26.2 Å². The van der Waals surface area contributed by atoms with E-state index in [4.69, 9.17) is 0 Å². The first-order valence-corrected chi connectivity index (χ1v) is 6.14. The Morgan fingerprint density at radius 1 is 1.08 bits per heavy atom. The standard InChI is InChI=1S/C12H23N/c1-2-11-6-5-7-12(10-11)13-8-3-4-9-13/h11-12H,2-10H2,1H3. The molecule has 1 saturated carbocycles. The Labute approximate surface area is 82.5 Å². The molecule has 13 heavy (non-hydrogen) atoms. The molecule has 0 N–H and O–H groups in total. The molecule has 0 bridgehead atoms. The maximum Gasteiger partial charge on any atom is 0.00978 e. The molecule has 0 amide bonds. The summed E-state index contributed by atoms with van der Waals surface area (Å²) in [5.41, 5.74) is 0. The van der Waals surface area contributed by atoms with Gasteiger partial charge in [0.2, 0.25) is 0 Å². The zero-order chi connectivity index (χ0) is 9.10. The van der Waals surface area contributed by atoms with Crippen LogP contribution in [0, 0.1) is 5.92 Å². The van der Waals surface area contributed by atoms with E-state index in [2.05, 4.69) is 11.8 Å². The normalized spacial score (nSPS) is 36.7. The van der Waals surface area contributed by atoms with Crippen molar-refractivity contribution >= 4 is 0 Å². The zero-order valence-electron chi connectivity index (χ0n) is 8.97. The first-order chi connectivity index (χ1) is 6.40. The molecule has 0 aromatic carbocycles. The third-order valence-corrected chi connectivity index (χ3v) is 3.99. The Morgan fingerprint density at radius 3 is 2.54 bits per heavy atom. The van der Waals surface area contributed by atoms with E-state index in [1.807, 2.05) is 0 Å². The van der Waals surface area contributed by atoms with Crippen LogP contribution in [0.4, 0.5) is 0 Å². The predicted octanol–water partition coefficient (Wildman–Crippen LogP) is 3.05. The highest BCUT2D eigenvalue weighted by Crippen LogP contribution is 2.31. The highest BCUT2D eigenvalue weighted by atomic mass is 15.2. The molecule has 1 aliphatic carbocycles. The van der Waals surface area contributed by atoms with Crippen LogP contribution in [0.25, 0.3) is 0 Å². The molecule has 0 aromatic rings. The summed E-state index contributed by atoms with van der Waals surface area (Å²) in [5.74, 6) is 1.04. The Balaban J connectivity index is 1.84. The molecule has 1 heterocycles. The molecule has 1 nitrogen and oxygen atoms in total. The highest BCUT2D eigenvalue weighted by Gasteiger charge is 2.27. The summed E-state index contributed by atoms with van der Waals surface area (Å²) >= 11 is 0. The zero-order valence-corrected chi connectivity index (χ0v) is 8.97. The molecular formula is C12H23N. The van der Waals surface area contributed by atoms with Crippen LogP contribution in [0.1, 0.15) is 51.9 Å². The largest absolute Gasteiger partial charge is 0.300 e. The second-order valence-corrected chi connectivity index (χ2v) is 4.84. The number of rotatable bonds is 2. The maximum atomic E-state index is 2.75. The van der Waals surface area contributed by atoms with Crippen molar-refractivity contribution in [3.63, 3.8) is 0 Å². The quantitative estimate of drug-likeness (QED) is 0.633. The number of nitrogens with zero attached hydrogens (tertiary/aromatic N) is 1. The minimum atomic E-state index is 0.959. The smallest absolute Gasteiger partial charge is 0.00978 e. The Hall–Kier alpha value is -0.0400. The van der Waals surface area contributed by atoms with E-state index in [0.717, 1.165) is 12.0 Å². The maximum absolute atomic E-state index is 2.75. The van der Waals surface area contributed by atoms with Crippen LogP contribution >= 0.6 is 0 Å². The lowest BCUT2D eigenvalue weighted by Gasteiger charge is -2.34. The summed E-state index contributed by atoms with van der Waals surface area (Å²) in [4.78, 5) is 2.75. The van der Waals surface area contributed by atoms with E-state index in [1.54, 1.807) is 0 Å². The lowest BCUT2D eigenvalue weighted by molar-refractivity contribution is 0.155. The van der Waals surface area contributed by atoms with Gasteiger partial charge < -0.3 is 4.90 Å². The first-order valence-electron chi connectivity index (χ1n) is 6.14. The summed E-state index contributed by atoms with van der Waals surface area (Å²) in [6.45, 7) is 5.14. The van der Waals surface area contributed by atoms with Crippen LogP contribution in [0.2, 0.25) is 0 Å². The Morgan fingerprint density at radius 2 is 1.85 bits per heavy atom. The van der Waals surface area contributed by atoms with Crippen molar-refractivity contribution in [3.05, 3.63) is 0 Å². The highest BCUT2D eigenvalue weighted by molar-refractivity contribution is 4.82. The van der Waals surface area contributed by atoms with Gasteiger partial charge in [-0.25, -0.2) is 0 Å². The first kappa shape index (κ1) is 9.51. The minimum absolute atomic E-state index is 0.959. The molecule has 1 saturated heterocycles. The summed E-state index contributed by atoms with van der Waals surface area (Å²) < 4.78 is 0. The lowest BCUT2D eigenvalue weighted by atomic mass is 9.83. The van der Waals surface area contributed by atoms with Crippen molar-refractivity contribution in [1.82, 2.24) is 4.90 Å².